The molecule has 1 atom stereocenters. The average Bonchev–Trinajstić information content (AvgIpc) is 2.75. The summed E-state index contributed by atoms with van der Waals surface area (Å²) < 4.78 is 12.7. The van der Waals surface area contributed by atoms with Crippen LogP contribution in [0.15, 0.2) is 26.6 Å². The van der Waals surface area contributed by atoms with Gasteiger partial charge in [-0.15, -0.1) is 0 Å². The Balaban J connectivity index is 2.73. The van der Waals surface area contributed by atoms with Gasteiger partial charge in [-0.3, -0.25) is 0 Å². The fourth-order valence-corrected chi connectivity index (χ4v) is 5.54. The summed E-state index contributed by atoms with van der Waals surface area (Å²) in [4.78, 5) is 0. The second-order valence-corrected chi connectivity index (χ2v) is 14.1. The van der Waals surface area contributed by atoms with E-state index >= 15 is 0 Å². The molecule has 0 saturated carbocycles. The van der Waals surface area contributed by atoms with Gasteiger partial charge in [-0.05, 0) is 44.9 Å². The number of hydrogen-bond acceptors (Lipinski definition) is 2. The van der Waals surface area contributed by atoms with E-state index in [4.69, 9.17) is 20.0 Å². The fourth-order valence-electron chi connectivity index (χ4n) is 4.20. The molecule has 3 rings (SSSR count). The third-order valence-electron chi connectivity index (χ3n) is 6.11. The van der Waals surface area contributed by atoms with Gasteiger partial charge in [-0.1, -0.05) is 101 Å². The Kier molecular flexibility index (Phi) is 6.19. The lowest BCUT2D eigenvalue weighted by Crippen LogP contribution is -2.18. The summed E-state index contributed by atoms with van der Waals surface area (Å²) in [6.45, 7) is 26.8. The van der Waals surface area contributed by atoms with Crippen molar-refractivity contribution in [2.45, 2.75) is 105 Å². The van der Waals surface area contributed by atoms with Crippen molar-refractivity contribution in [3.63, 3.8) is 0 Å². The third-order valence-corrected chi connectivity index (χ3v) is 7.08. The van der Waals surface area contributed by atoms with Gasteiger partial charge in [-0.25, -0.2) is 0 Å². The lowest BCUT2D eigenvalue weighted by atomic mass is 9.77. The Morgan fingerprint density at radius 1 is 0.594 bits per heavy atom. The van der Waals surface area contributed by atoms with Crippen LogP contribution < -0.4 is 0 Å². The highest BCUT2D eigenvalue weighted by atomic mass is 35.5. The molecule has 2 nitrogen and oxygen atoms in total. The summed E-state index contributed by atoms with van der Waals surface area (Å²) in [5.74, 6) is 0. The Labute approximate surface area is 200 Å². The maximum Gasteiger partial charge on any atom is 0.201 e. The van der Waals surface area contributed by atoms with Crippen LogP contribution >= 0.6 is 20.3 Å². The molecule has 4 heteroatoms. The number of benzene rings is 2. The highest BCUT2D eigenvalue weighted by molar-refractivity contribution is 7.15. The first-order valence-electron chi connectivity index (χ1n) is 11.5. The van der Waals surface area contributed by atoms with Gasteiger partial charge in [0.25, 0.3) is 0 Å². The highest BCUT2D eigenvalue weighted by Gasteiger charge is 2.30. The fraction of sp³-hybridized carbons (Fsp3) is 0.571. The molecule has 1 unspecified atom stereocenters. The zero-order valence-electron chi connectivity index (χ0n) is 21.9. The molecule has 1 heterocycles. The van der Waals surface area contributed by atoms with Crippen molar-refractivity contribution >= 4 is 42.2 Å². The molecular formula is C28H40ClO2P. The van der Waals surface area contributed by atoms with Gasteiger partial charge in [0.05, 0.1) is 5.02 Å². The molecular weight excluding hydrogens is 435 g/mol. The highest BCUT2D eigenvalue weighted by Crippen LogP contribution is 2.46. The summed E-state index contributed by atoms with van der Waals surface area (Å²) in [5.41, 5.74) is 6.18. The molecule has 0 fully saturated rings. The minimum atomic E-state index is -0.175. The maximum absolute atomic E-state index is 7.09. The summed E-state index contributed by atoms with van der Waals surface area (Å²) in [5, 5.41) is 3.00. The molecule has 1 aromatic heterocycles. The molecule has 0 aliphatic heterocycles. The van der Waals surface area contributed by atoms with Gasteiger partial charge in [0.2, 0.25) is 8.67 Å². The minimum absolute atomic E-state index is 0.0107. The molecule has 0 aliphatic rings. The number of rotatable bonds is 0. The van der Waals surface area contributed by atoms with Crippen molar-refractivity contribution < 1.29 is 8.39 Å². The first-order valence-corrected chi connectivity index (χ1v) is 12.7. The second kappa shape index (κ2) is 7.85. The van der Waals surface area contributed by atoms with E-state index in [0.717, 1.165) is 38.1 Å². The average molecular weight is 475 g/mol. The van der Waals surface area contributed by atoms with Crippen LogP contribution in [0.5, 0.6) is 0 Å². The van der Waals surface area contributed by atoms with Crippen LogP contribution in [0.2, 0.25) is 5.02 Å². The van der Waals surface area contributed by atoms with Crippen LogP contribution in [0.25, 0.3) is 21.9 Å². The quantitative estimate of drug-likeness (QED) is 0.324. The molecule has 0 saturated heterocycles. The standard InChI is InChI=1S/C28H40ClO2P/c1-25(2,3)16-13-17-18-15-19(26(4,5)6)22(29)21(28(10,11)12)24(18)31-32-30-23(17)20(14-16)27(7,8)9/h13-15,32H,1-12H3. The van der Waals surface area contributed by atoms with Gasteiger partial charge < -0.3 is 8.39 Å². The SMILES string of the molecule is CC(C)(C)c1cc(C(C)(C)C)c2o[pH]oc3c(C(C)(C)C)c(Cl)c(C(C)(C)C)cc3c2c1. The van der Waals surface area contributed by atoms with E-state index in [9.17, 15) is 0 Å². The molecule has 3 aromatic rings. The van der Waals surface area contributed by atoms with E-state index in [1.807, 2.05) is 0 Å². The third kappa shape index (κ3) is 4.64. The molecule has 176 valence electrons. The molecule has 0 bridgehead atoms. The molecule has 2 aromatic carbocycles. The summed E-state index contributed by atoms with van der Waals surface area (Å²) >= 11 is 7.09. The number of halogens is 1. The first kappa shape index (κ1) is 25.3. The molecule has 32 heavy (non-hydrogen) atoms. The van der Waals surface area contributed by atoms with Crippen molar-refractivity contribution in [2.24, 2.45) is 0 Å². The van der Waals surface area contributed by atoms with E-state index in [2.05, 4.69) is 101 Å². The predicted molar refractivity (Wildman–Crippen MR) is 143 cm³/mol. The van der Waals surface area contributed by atoms with Crippen molar-refractivity contribution in [3.05, 3.63) is 45.5 Å². The van der Waals surface area contributed by atoms with Crippen LogP contribution in [-0.4, -0.2) is 0 Å². The monoisotopic (exact) mass is 474 g/mol. The van der Waals surface area contributed by atoms with Gasteiger partial charge in [0.15, 0.2) is 0 Å². The molecule has 0 spiro atoms. The van der Waals surface area contributed by atoms with E-state index in [1.54, 1.807) is 0 Å². The van der Waals surface area contributed by atoms with Gasteiger partial charge >= 0.3 is 0 Å². The van der Waals surface area contributed by atoms with Crippen molar-refractivity contribution in [2.75, 3.05) is 0 Å². The Bertz CT molecular complexity index is 1210. The van der Waals surface area contributed by atoms with Crippen LogP contribution in [0.1, 0.15) is 105 Å². The van der Waals surface area contributed by atoms with Crippen LogP contribution in [0.4, 0.5) is 0 Å². The topological polar surface area (TPSA) is 26.3 Å². The van der Waals surface area contributed by atoms with Crippen molar-refractivity contribution in [1.29, 1.82) is 0 Å². The second-order valence-electron chi connectivity index (χ2n) is 13.2. The van der Waals surface area contributed by atoms with E-state index in [0.29, 0.717) is 0 Å². The summed E-state index contributed by atoms with van der Waals surface area (Å²) in [6, 6.07) is 6.86. The van der Waals surface area contributed by atoms with Gasteiger partial charge in [0.1, 0.15) is 11.2 Å². The van der Waals surface area contributed by atoms with Gasteiger partial charge in [0, 0.05) is 21.9 Å². The Morgan fingerprint density at radius 3 is 1.56 bits per heavy atom. The predicted octanol–water partition coefficient (Wildman–Crippen LogP) is 10.2. The van der Waals surface area contributed by atoms with Crippen LogP contribution in [-0.2, 0) is 21.7 Å². The number of fused-ring (bicyclic) bond motifs is 3. The molecule has 0 N–H and O–H groups in total. The van der Waals surface area contributed by atoms with E-state index < -0.39 is 0 Å². The zero-order chi connectivity index (χ0) is 24.4. The normalized spacial score (nSPS) is 14.0. The smallest absolute Gasteiger partial charge is 0.201 e. The number of hydrogen-bond donors (Lipinski definition) is 0. The molecule has 0 aliphatic carbocycles. The lowest BCUT2D eigenvalue weighted by Gasteiger charge is -2.28. The van der Waals surface area contributed by atoms with Crippen molar-refractivity contribution in [3.8, 4) is 0 Å². The largest absolute Gasteiger partial charge is 0.421 e. The first-order chi connectivity index (χ1) is 14.3. The van der Waals surface area contributed by atoms with E-state index in [-0.39, 0.29) is 30.3 Å². The molecule has 0 amide bonds. The summed E-state index contributed by atoms with van der Waals surface area (Å²) in [6.07, 6.45) is 0. The molecule has 0 radical (unpaired) electrons. The minimum Gasteiger partial charge on any atom is -0.421 e. The maximum atomic E-state index is 7.09. The van der Waals surface area contributed by atoms with Crippen molar-refractivity contribution in [1.82, 2.24) is 0 Å². The van der Waals surface area contributed by atoms with Crippen LogP contribution in [0.3, 0.4) is 0 Å². The van der Waals surface area contributed by atoms with Gasteiger partial charge in [-0.2, -0.15) is 0 Å². The zero-order valence-corrected chi connectivity index (χ0v) is 23.7. The Morgan fingerprint density at radius 2 is 1.09 bits per heavy atom. The summed E-state index contributed by atoms with van der Waals surface area (Å²) in [7, 11) is -0.116. The lowest BCUT2D eigenvalue weighted by molar-refractivity contribution is 0.559. The Hall–Kier alpha value is -1.37. The van der Waals surface area contributed by atoms with Crippen LogP contribution in [0, 0.1) is 0 Å². The van der Waals surface area contributed by atoms with E-state index in [1.165, 1.54) is 11.1 Å².